The molecule has 1 heterocycles. The van der Waals surface area contributed by atoms with Crippen LogP contribution in [0.4, 0.5) is 10.8 Å². The van der Waals surface area contributed by atoms with Crippen molar-refractivity contribution in [1.82, 2.24) is 10.3 Å². The summed E-state index contributed by atoms with van der Waals surface area (Å²) >= 11 is 1.29. The maximum atomic E-state index is 12.2. The summed E-state index contributed by atoms with van der Waals surface area (Å²) in [5.74, 6) is -0.350. The Labute approximate surface area is 209 Å². The lowest BCUT2D eigenvalue weighted by molar-refractivity contribution is -0.115. The van der Waals surface area contributed by atoms with Gasteiger partial charge in [0, 0.05) is 17.6 Å². The predicted octanol–water partition coefficient (Wildman–Crippen LogP) is 3.34. The highest BCUT2D eigenvalue weighted by molar-refractivity contribution is 7.13. The van der Waals surface area contributed by atoms with Gasteiger partial charge >= 0.3 is 0 Å². The van der Waals surface area contributed by atoms with Crippen molar-refractivity contribution in [2.45, 2.75) is 18.9 Å². The zero-order valence-electron chi connectivity index (χ0n) is 17.8. The van der Waals surface area contributed by atoms with Gasteiger partial charge in [-0.05, 0) is 36.2 Å². The van der Waals surface area contributed by atoms with Crippen molar-refractivity contribution in [2.75, 3.05) is 23.7 Å². The van der Waals surface area contributed by atoms with E-state index < -0.39 is 6.10 Å². The van der Waals surface area contributed by atoms with Gasteiger partial charge in [-0.1, -0.05) is 42.5 Å². The van der Waals surface area contributed by atoms with Crippen LogP contribution in [-0.2, 0) is 17.6 Å². The number of aromatic nitrogens is 1. The average Bonchev–Trinajstić information content (AvgIpc) is 3.18. The molecule has 1 aromatic heterocycles. The fourth-order valence-electron chi connectivity index (χ4n) is 2.95. The number of halogens is 2. The van der Waals surface area contributed by atoms with E-state index in [0.717, 1.165) is 29.8 Å². The first-order valence-corrected chi connectivity index (χ1v) is 10.8. The molecule has 178 valence electrons. The fraction of sp³-hybridized carbons (Fsp3) is 0.227. The Morgan fingerprint density at radius 3 is 2.45 bits per heavy atom. The quantitative estimate of drug-likeness (QED) is 0.140. The molecule has 0 aliphatic heterocycles. The monoisotopic (exact) mass is 510 g/mol. The van der Waals surface area contributed by atoms with Gasteiger partial charge in [-0.2, -0.15) is 0 Å². The van der Waals surface area contributed by atoms with Gasteiger partial charge in [0.25, 0.3) is 0 Å². The predicted molar refractivity (Wildman–Crippen MR) is 139 cm³/mol. The molecule has 11 heteroatoms. The van der Waals surface area contributed by atoms with E-state index in [0.29, 0.717) is 17.4 Å². The lowest BCUT2D eigenvalue weighted by atomic mass is 10.1. The molecule has 8 nitrogen and oxygen atoms in total. The lowest BCUT2D eigenvalue weighted by Gasteiger charge is -2.12. The second-order valence-electron chi connectivity index (χ2n) is 6.99. The van der Waals surface area contributed by atoms with Gasteiger partial charge in [0.2, 0.25) is 5.91 Å². The van der Waals surface area contributed by atoms with Gasteiger partial charge in [-0.15, -0.1) is 36.2 Å². The van der Waals surface area contributed by atoms with E-state index in [1.807, 2.05) is 54.6 Å². The standard InChI is InChI=1S/C22H26N6O2S.2ClH/c23-21(24)28-22-27-18(14-31-22)12-20(30)26-17-8-6-15(7-9-17)10-11-25-13-19(29)16-4-2-1-3-5-16;;/h1-9,14,19,25,29H,10-13H2,(H,26,30)(H4,23,24,27,28);2*1H/t19-;;/m0../s1. The zero-order valence-corrected chi connectivity index (χ0v) is 20.2. The summed E-state index contributed by atoms with van der Waals surface area (Å²) in [7, 11) is 0. The van der Waals surface area contributed by atoms with E-state index in [-0.39, 0.29) is 43.1 Å². The first-order valence-electron chi connectivity index (χ1n) is 9.87. The van der Waals surface area contributed by atoms with Crippen LogP contribution in [0.25, 0.3) is 0 Å². The third-order valence-corrected chi connectivity index (χ3v) is 5.29. The van der Waals surface area contributed by atoms with Crippen molar-refractivity contribution >= 4 is 58.8 Å². The number of hydrogen-bond acceptors (Lipinski definition) is 6. The van der Waals surface area contributed by atoms with Crippen LogP contribution < -0.4 is 21.7 Å². The van der Waals surface area contributed by atoms with E-state index in [1.165, 1.54) is 11.3 Å². The van der Waals surface area contributed by atoms with E-state index in [1.54, 1.807) is 5.38 Å². The first-order chi connectivity index (χ1) is 15.0. The highest BCUT2D eigenvalue weighted by atomic mass is 35.5. The summed E-state index contributed by atoms with van der Waals surface area (Å²) in [6.07, 6.45) is 0.442. The number of thiazole rings is 1. The molecule has 3 aromatic rings. The number of nitrogens with zero attached hydrogens (tertiary/aromatic N) is 1. The van der Waals surface area contributed by atoms with Gasteiger partial charge in [0.05, 0.1) is 18.2 Å². The van der Waals surface area contributed by atoms with E-state index in [4.69, 9.17) is 11.1 Å². The molecule has 7 N–H and O–H groups in total. The molecule has 1 amide bonds. The summed E-state index contributed by atoms with van der Waals surface area (Å²) in [5.41, 5.74) is 8.65. The van der Waals surface area contributed by atoms with Gasteiger partial charge in [-0.3, -0.25) is 10.2 Å². The number of aliphatic hydroxyl groups excluding tert-OH is 1. The Bertz CT molecular complexity index is 1000. The van der Waals surface area contributed by atoms with Crippen LogP contribution in [0.5, 0.6) is 0 Å². The van der Waals surface area contributed by atoms with Gasteiger partial charge in [0.15, 0.2) is 11.1 Å². The van der Waals surface area contributed by atoms with Crippen molar-refractivity contribution in [1.29, 1.82) is 5.41 Å². The van der Waals surface area contributed by atoms with Gasteiger partial charge < -0.3 is 26.8 Å². The largest absolute Gasteiger partial charge is 0.387 e. The SMILES string of the molecule is Cl.Cl.N=C(N)Nc1nc(CC(=O)Nc2ccc(CCNC[C@H](O)c3ccccc3)cc2)cs1. The average molecular weight is 511 g/mol. The van der Waals surface area contributed by atoms with Crippen LogP contribution in [0, 0.1) is 5.41 Å². The highest BCUT2D eigenvalue weighted by Crippen LogP contribution is 2.16. The van der Waals surface area contributed by atoms with Crippen LogP contribution >= 0.6 is 36.2 Å². The second-order valence-corrected chi connectivity index (χ2v) is 7.84. The molecular formula is C22H28Cl2N6O2S. The molecule has 1 atom stereocenters. The summed E-state index contributed by atoms with van der Waals surface area (Å²) in [5, 5.41) is 28.3. The van der Waals surface area contributed by atoms with Crippen molar-refractivity contribution in [3.8, 4) is 0 Å². The maximum absolute atomic E-state index is 12.2. The molecule has 0 saturated heterocycles. The molecule has 0 aliphatic carbocycles. The number of amides is 1. The van der Waals surface area contributed by atoms with Crippen molar-refractivity contribution < 1.29 is 9.90 Å². The van der Waals surface area contributed by atoms with Crippen molar-refractivity contribution in [3.63, 3.8) is 0 Å². The topological polar surface area (TPSA) is 136 Å². The summed E-state index contributed by atoms with van der Waals surface area (Å²) in [6, 6.07) is 17.3. The first kappa shape index (κ1) is 28.3. The van der Waals surface area contributed by atoms with Crippen LogP contribution in [0.15, 0.2) is 60.0 Å². The Kier molecular flexibility index (Phi) is 12.4. The Morgan fingerprint density at radius 2 is 1.79 bits per heavy atom. The number of aliphatic hydroxyl groups is 1. The van der Waals surface area contributed by atoms with Gasteiger partial charge in [-0.25, -0.2) is 4.98 Å². The molecule has 0 radical (unpaired) electrons. The number of benzene rings is 2. The molecule has 0 bridgehead atoms. The zero-order chi connectivity index (χ0) is 22.1. The van der Waals surface area contributed by atoms with Crippen LogP contribution in [0.1, 0.15) is 22.9 Å². The molecule has 0 spiro atoms. The molecule has 3 rings (SSSR count). The molecular weight excluding hydrogens is 483 g/mol. The molecule has 0 aliphatic rings. The Balaban J connectivity index is 0.00000272. The Hall–Kier alpha value is -2.69. The Morgan fingerprint density at radius 1 is 1.09 bits per heavy atom. The number of carbonyl (C=O) groups is 1. The number of rotatable bonds is 10. The van der Waals surface area contributed by atoms with Crippen LogP contribution in [0.3, 0.4) is 0 Å². The minimum Gasteiger partial charge on any atom is -0.387 e. The van der Waals surface area contributed by atoms with Crippen molar-refractivity contribution in [3.05, 3.63) is 76.8 Å². The lowest BCUT2D eigenvalue weighted by Crippen LogP contribution is -2.23. The number of guanidine groups is 1. The normalized spacial score (nSPS) is 10.9. The molecule has 0 fully saturated rings. The number of carbonyl (C=O) groups excluding carboxylic acids is 1. The van der Waals surface area contributed by atoms with Gasteiger partial charge in [0.1, 0.15) is 0 Å². The minimum atomic E-state index is -0.522. The number of anilines is 2. The molecule has 2 aromatic carbocycles. The van der Waals surface area contributed by atoms with Crippen molar-refractivity contribution in [2.24, 2.45) is 5.73 Å². The summed E-state index contributed by atoms with van der Waals surface area (Å²) < 4.78 is 0. The summed E-state index contributed by atoms with van der Waals surface area (Å²) in [4.78, 5) is 16.4. The minimum absolute atomic E-state index is 0. The number of nitrogens with two attached hydrogens (primary N) is 1. The van der Waals surface area contributed by atoms with Crippen LogP contribution in [0.2, 0.25) is 0 Å². The third-order valence-electron chi connectivity index (χ3n) is 4.49. The van der Waals surface area contributed by atoms with E-state index in [9.17, 15) is 9.90 Å². The summed E-state index contributed by atoms with van der Waals surface area (Å²) in [6.45, 7) is 1.24. The smallest absolute Gasteiger partial charge is 0.230 e. The molecule has 0 saturated carbocycles. The van der Waals surface area contributed by atoms with E-state index >= 15 is 0 Å². The maximum Gasteiger partial charge on any atom is 0.230 e. The van der Waals surface area contributed by atoms with Crippen LogP contribution in [-0.4, -0.2) is 35.0 Å². The highest BCUT2D eigenvalue weighted by Gasteiger charge is 2.09. The number of nitrogens with one attached hydrogen (secondary N) is 4. The molecule has 0 unspecified atom stereocenters. The third kappa shape index (κ3) is 9.77. The number of hydrogen-bond donors (Lipinski definition) is 6. The van der Waals surface area contributed by atoms with E-state index in [2.05, 4.69) is 20.9 Å². The molecule has 33 heavy (non-hydrogen) atoms. The fourth-order valence-corrected chi connectivity index (χ4v) is 3.67. The second kappa shape index (κ2) is 14.5.